The van der Waals surface area contributed by atoms with Crippen LogP contribution in [0.1, 0.15) is 26.3 Å². The van der Waals surface area contributed by atoms with E-state index in [-0.39, 0.29) is 0 Å². The summed E-state index contributed by atoms with van der Waals surface area (Å²) < 4.78 is 14.0. The fourth-order valence-electron chi connectivity index (χ4n) is 2.15. The van der Waals surface area contributed by atoms with Crippen molar-refractivity contribution >= 4 is 16.6 Å². The van der Waals surface area contributed by atoms with Crippen molar-refractivity contribution in [2.75, 3.05) is 5.75 Å². The molecule has 3 aromatic rings. The first-order chi connectivity index (χ1) is 10.7. The SMILES string of the molecule is CC.CCS(=O)c1ccccc1-c1cn2cc(C)cnc2n1. The molecular formula is C17H21N3OS. The Kier molecular flexibility index (Phi) is 5.44. The molecule has 3 rings (SSSR count). The third-order valence-electron chi connectivity index (χ3n) is 3.11. The first-order valence-corrected chi connectivity index (χ1v) is 8.80. The normalized spacial score (nSPS) is 11.8. The van der Waals surface area contributed by atoms with E-state index in [1.54, 1.807) is 6.20 Å². The number of imidazole rings is 1. The molecular weight excluding hydrogens is 294 g/mol. The molecule has 1 atom stereocenters. The van der Waals surface area contributed by atoms with Crippen molar-refractivity contribution in [1.82, 2.24) is 14.4 Å². The molecule has 1 unspecified atom stereocenters. The summed E-state index contributed by atoms with van der Waals surface area (Å²) in [6.45, 7) is 7.91. The Labute approximate surface area is 133 Å². The van der Waals surface area contributed by atoms with Gasteiger partial charge in [0.25, 0.3) is 0 Å². The predicted molar refractivity (Wildman–Crippen MR) is 91.5 cm³/mol. The van der Waals surface area contributed by atoms with Crippen LogP contribution in [0.5, 0.6) is 0 Å². The lowest BCUT2D eigenvalue weighted by Crippen LogP contribution is -1.96. The highest BCUT2D eigenvalue weighted by atomic mass is 32.2. The summed E-state index contributed by atoms with van der Waals surface area (Å²) in [4.78, 5) is 9.65. The molecule has 0 fully saturated rings. The third kappa shape index (κ3) is 3.25. The maximum atomic E-state index is 12.1. The Morgan fingerprint density at radius 2 is 1.91 bits per heavy atom. The number of rotatable bonds is 3. The predicted octanol–water partition coefficient (Wildman–Crippen LogP) is 3.86. The van der Waals surface area contributed by atoms with Gasteiger partial charge in [-0.1, -0.05) is 39.0 Å². The van der Waals surface area contributed by atoms with Gasteiger partial charge in [0.05, 0.1) is 16.5 Å². The standard InChI is InChI=1S/C15H15N3OS.C2H6/c1-3-20(19)14-7-5-4-6-12(14)13-10-18-9-11(2)8-16-15(18)17-13;1-2/h4-10H,3H2,1-2H3;1-2H3. The van der Waals surface area contributed by atoms with E-state index in [1.165, 1.54) is 0 Å². The Hall–Kier alpha value is -2.01. The molecule has 0 N–H and O–H groups in total. The van der Waals surface area contributed by atoms with Crippen molar-refractivity contribution in [2.24, 2.45) is 0 Å². The monoisotopic (exact) mass is 315 g/mol. The molecule has 5 heteroatoms. The minimum atomic E-state index is -0.998. The second-order valence-corrected chi connectivity index (χ2v) is 6.30. The van der Waals surface area contributed by atoms with Gasteiger partial charge in [-0.05, 0) is 18.6 Å². The fraction of sp³-hybridized carbons (Fsp3) is 0.294. The highest BCUT2D eigenvalue weighted by Crippen LogP contribution is 2.25. The van der Waals surface area contributed by atoms with Crippen molar-refractivity contribution in [3.05, 3.63) is 48.4 Å². The van der Waals surface area contributed by atoms with Gasteiger partial charge in [-0.15, -0.1) is 0 Å². The van der Waals surface area contributed by atoms with Crippen LogP contribution < -0.4 is 0 Å². The Morgan fingerprint density at radius 3 is 2.64 bits per heavy atom. The quantitative estimate of drug-likeness (QED) is 0.737. The van der Waals surface area contributed by atoms with E-state index in [0.29, 0.717) is 11.5 Å². The second kappa shape index (κ2) is 7.31. The van der Waals surface area contributed by atoms with Crippen molar-refractivity contribution in [1.29, 1.82) is 0 Å². The van der Waals surface area contributed by atoms with Crippen LogP contribution in [0.3, 0.4) is 0 Å². The number of fused-ring (bicyclic) bond motifs is 1. The fourth-order valence-corrected chi connectivity index (χ4v) is 3.11. The van der Waals surface area contributed by atoms with Crippen LogP contribution in [-0.2, 0) is 10.8 Å². The van der Waals surface area contributed by atoms with E-state index < -0.39 is 10.8 Å². The Bertz CT molecular complexity index is 795. The zero-order valence-corrected chi connectivity index (χ0v) is 14.2. The molecule has 0 aliphatic heterocycles. The average molecular weight is 315 g/mol. The minimum absolute atomic E-state index is 0.599. The molecule has 0 bridgehead atoms. The van der Waals surface area contributed by atoms with Gasteiger partial charge in [-0.2, -0.15) is 0 Å². The van der Waals surface area contributed by atoms with Gasteiger partial charge in [0, 0.05) is 34.8 Å². The maximum Gasteiger partial charge on any atom is 0.234 e. The molecule has 0 aliphatic rings. The number of hydrogen-bond acceptors (Lipinski definition) is 3. The summed E-state index contributed by atoms with van der Waals surface area (Å²) in [6, 6.07) is 7.70. The molecule has 2 heterocycles. The molecule has 0 radical (unpaired) electrons. The van der Waals surface area contributed by atoms with Crippen molar-refractivity contribution < 1.29 is 4.21 Å². The zero-order valence-electron chi connectivity index (χ0n) is 13.4. The van der Waals surface area contributed by atoms with Gasteiger partial charge in [0.1, 0.15) is 0 Å². The Balaban J connectivity index is 0.000000847. The van der Waals surface area contributed by atoms with Crippen LogP contribution in [0.25, 0.3) is 17.0 Å². The highest BCUT2D eigenvalue weighted by Gasteiger charge is 2.12. The zero-order chi connectivity index (χ0) is 16.1. The van der Waals surface area contributed by atoms with E-state index in [0.717, 1.165) is 21.7 Å². The number of hydrogen-bond donors (Lipinski definition) is 0. The lowest BCUT2D eigenvalue weighted by molar-refractivity contribution is 0.684. The van der Waals surface area contributed by atoms with Crippen LogP contribution >= 0.6 is 0 Å². The van der Waals surface area contributed by atoms with Gasteiger partial charge in [0.2, 0.25) is 5.78 Å². The number of benzene rings is 1. The molecule has 116 valence electrons. The topological polar surface area (TPSA) is 47.3 Å². The summed E-state index contributed by atoms with van der Waals surface area (Å²) in [7, 11) is -0.998. The van der Waals surface area contributed by atoms with Crippen LogP contribution in [0.4, 0.5) is 0 Å². The molecule has 0 saturated carbocycles. The number of aromatic nitrogens is 3. The minimum Gasteiger partial charge on any atom is -0.290 e. The molecule has 4 nitrogen and oxygen atoms in total. The lowest BCUT2D eigenvalue weighted by Gasteiger charge is -2.04. The van der Waals surface area contributed by atoms with Crippen LogP contribution in [0.2, 0.25) is 0 Å². The summed E-state index contributed by atoms with van der Waals surface area (Å²) in [5.74, 6) is 1.25. The summed E-state index contributed by atoms with van der Waals surface area (Å²) in [6.07, 6.45) is 5.71. The van der Waals surface area contributed by atoms with Gasteiger partial charge in [0.15, 0.2) is 0 Å². The maximum absolute atomic E-state index is 12.1. The summed E-state index contributed by atoms with van der Waals surface area (Å²) in [5.41, 5.74) is 2.79. The van der Waals surface area contributed by atoms with E-state index in [2.05, 4.69) is 9.97 Å². The average Bonchev–Trinajstić information content (AvgIpc) is 2.99. The lowest BCUT2D eigenvalue weighted by atomic mass is 10.2. The van der Waals surface area contributed by atoms with E-state index >= 15 is 0 Å². The van der Waals surface area contributed by atoms with Crippen molar-refractivity contribution in [2.45, 2.75) is 32.6 Å². The summed E-state index contributed by atoms with van der Waals surface area (Å²) in [5, 5.41) is 0. The molecule has 2 aromatic heterocycles. The van der Waals surface area contributed by atoms with Crippen LogP contribution in [0.15, 0.2) is 47.8 Å². The van der Waals surface area contributed by atoms with E-state index in [1.807, 2.05) is 68.8 Å². The van der Waals surface area contributed by atoms with E-state index in [9.17, 15) is 4.21 Å². The first kappa shape index (κ1) is 16.4. The Morgan fingerprint density at radius 1 is 1.18 bits per heavy atom. The molecule has 1 aromatic carbocycles. The highest BCUT2D eigenvalue weighted by molar-refractivity contribution is 7.85. The van der Waals surface area contributed by atoms with Gasteiger partial charge < -0.3 is 0 Å². The smallest absolute Gasteiger partial charge is 0.234 e. The molecule has 0 aliphatic carbocycles. The van der Waals surface area contributed by atoms with Gasteiger partial charge in [-0.3, -0.25) is 8.61 Å². The first-order valence-electron chi connectivity index (χ1n) is 7.48. The molecule has 22 heavy (non-hydrogen) atoms. The van der Waals surface area contributed by atoms with Crippen LogP contribution in [-0.4, -0.2) is 24.3 Å². The van der Waals surface area contributed by atoms with Crippen LogP contribution in [0, 0.1) is 6.92 Å². The van der Waals surface area contributed by atoms with Crippen molar-refractivity contribution in [3.63, 3.8) is 0 Å². The number of aryl methyl sites for hydroxylation is 1. The molecule has 0 amide bonds. The van der Waals surface area contributed by atoms with Gasteiger partial charge >= 0.3 is 0 Å². The van der Waals surface area contributed by atoms with Gasteiger partial charge in [-0.25, -0.2) is 9.97 Å². The molecule has 0 saturated heterocycles. The largest absolute Gasteiger partial charge is 0.290 e. The second-order valence-electron chi connectivity index (χ2n) is 4.60. The van der Waals surface area contributed by atoms with Crippen molar-refractivity contribution in [3.8, 4) is 11.3 Å². The third-order valence-corrected chi connectivity index (χ3v) is 4.48. The summed E-state index contributed by atoms with van der Waals surface area (Å²) >= 11 is 0. The molecule has 0 spiro atoms. The number of nitrogens with zero attached hydrogens (tertiary/aromatic N) is 3. The van der Waals surface area contributed by atoms with E-state index in [4.69, 9.17) is 0 Å².